The fraction of sp³-hybridized carbons (Fsp3) is 0.480. The summed E-state index contributed by atoms with van der Waals surface area (Å²) in [6.45, 7) is 9.41. The Balaban J connectivity index is 1.44. The monoisotopic (exact) mass is 442 g/mol. The van der Waals surface area contributed by atoms with Crippen molar-refractivity contribution < 1.29 is 14.3 Å². The van der Waals surface area contributed by atoms with E-state index in [2.05, 4.69) is 37.8 Å². The Bertz CT molecular complexity index is 947. The highest BCUT2D eigenvalue weighted by Crippen LogP contribution is 2.39. The van der Waals surface area contributed by atoms with Gasteiger partial charge >= 0.3 is 0 Å². The Morgan fingerprint density at radius 2 is 1.81 bits per heavy atom. The second kappa shape index (κ2) is 9.19. The molecule has 2 aromatic rings. The summed E-state index contributed by atoms with van der Waals surface area (Å²) in [6, 6.07) is 12.4. The molecule has 2 aliphatic heterocycles. The molecule has 0 spiro atoms. The predicted octanol–water partition coefficient (Wildman–Crippen LogP) is 4.64. The van der Waals surface area contributed by atoms with Crippen molar-refractivity contribution in [2.75, 3.05) is 33.4 Å². The molecular formula is C25H31ClN2O3. The van der Waals surface area contributed by atoms with Gasteiger partial charge in [-0.1, -0.05) is 17.7 Å². The first kappa shape index (κ1) is 22.1. The molecule has 1 amide bonds. The molecule has 166 valence electrons. The van der Waals surface area contributed by atoms with Crippen molar-refractivity contribution in [2.45, 2.75) is 45.3 Å². The molecule has 2 fully saturated rings. The van der Waals surface area contributed by atoms with Crippen LogP contribution in [0.1, 0.15) is 46.4 Å². The van der Waals surface area contributed by atoms with E-state index in [0.717, 1.165) is 25.3 Å². The summed E-state index contributed by atoms with van der Waals surface area (Å²) in [7, 11) is 1.68. The minimum atomic E-state index is 0.112. The van der Waals surface area contributed by atoms with Gasteiger partial charge in [0.05, 0.1) is 6.61 Å². The number of fused-ring (bicyclic) bond motifs is 2. The molecule has 3 atom stereocenters. The third-order valence-electron chi connectivity index (χ3n) is 6.91. The van der Waals surface area contributed by atoms with E-state index in [0.29, 0.717) is 35.9 Å². The molecule has 2 heterocycles. The van der Waals surface area contributed by atoms with E-state index in [1.807, 2.05) is 17.0 Å². The zero-order chi connectivity index (χ0) is 22.1. The Morgan fingerprint density at radius 3 is 2.45 bits per heavy atom. The Labute approximate surface area is 189 Å². The number of carbonyl (C=O) groups is 1. The lowest BCUT2D eigenvalue weighted by atomic mass is 9.96. The second-order valence-corrected chi connectivity index (χ2v) is 9.06. The molecule has 2 bridgehead atoms. The number of halogens is 1. The highest BCUT2D eigenvalue weighted by atomic mass is 35.5. The summed E-state index contributed by atoms with van der Waals surface area (Å²) in [5, 5.41) is 0.653. The molecule has 0 N–H and O–H groups in total. The predicted molar refractivity (Wildman–Crippen MR) is 123 cm³/mol. The zero-order valence-corrected chi connectivity index (χ0v) is 19.5. The lowest BCUT2D eigenvalue weighted by molar-refractivity contribution is 0.0569. The summed E-state index contributed by atoms with van der Waals surface area (Å²) >= 11 is 5.97. The number of ether oxygens (including phenoxy) is 2. The maximum atomic E-state index is 13.0. The van der Waals surface area contributed by atoms with Crippen LogP contribution in [0.4, 0.5) is 0 Å². The minimum Gasteiger partial charge on any atom is -0.491 e. The van der Waals surface area contributed by atoms with Crippen molar-refractivity contribution in [3.05, 3.63) is 63.7 Å². The number of amides is 1. The van der Waals surface area contributed by atoms with Crippen LogP contribution in [0.25, 0.3) is 0 Å². The molecule has 5 nitrogen and oxygen atoms in total. The van der Waals surface area contributed by atoms with Crippen molar-refractivity contribution in [3.8, 4) is 5.75 Å². The van der Waals surface area contributed by atoms with Gasteiger partial charge in [0.1, 0.15) is 12.4 Å². The van der Waals surface area contributed by atoms with Gasteiger partial charge in [0, 0.05) is 48.9 Å². The van der Waals surface area contributed by atoms with Crippen molar-refractivity contribution in [1.29, 1.82) is 0 Å². The van der Waals surface area contributed by atoms with Crippen LogP contribution < -0.4 is 4.74 Å². The van der Waals surface area contributed by atoms with Gasteiger partial charge in [-0.25, -0.2) is 0 Å². The molecular weight excluding hydrogens is 412 g/mol. The van der Waals surface area contributed by atoms with Gasteiger partial charge in [0.25, 0.3) is 5.91 Å². The number of nitrogens with zero attached hydrogens (tertiary/aromatic N) is 2. The maximum Gasteiger partial charge on any atom is 0.254 e. The summed E-state index contributed by atoms with van der Waals surface area (Å²) in [5.74, 6) is 1.04. The largest absolute Gasteiger partial charge is 0.491 e. The molecule has 0 saturated carbocycles. The highest BCUT2D eigenvalue weighted by molar-refractivity contribution is 6.30. The van der Waals surface area contributed by atoms with Crippen LogP contribution in [0.5, 0.6) is 5.75 Å². The maximum absolute atomic E-state index is 13.0. The molecule has 2 aliphatic rings. The van der Waals surface area contributed by atoms with Gasteiger partial charge in [0.2, 0.25) is 0 Å². The van der Waals surface area contributed by atoms with E-state index in [9.17, 15) is 4.79 Å². The van der Waals surface area contributed by atoms with Crippen LogP contribution in [0, 0.1) is 13.8 Å². The Kier molecular flexibility index (Phi) is 6.56. The van der Waals surface area contributed by atoms with Crippen LogP contribution >= 0.6 is 11.6 Å². The Morgan fingerprint density at radius 1 is 1.06 bits per heavy atom. The number of piperazine rings is 1. The normalized spacial score (nSPS) is 21.5. The van der Waals surface area contributed by atoms with Gasteiger partial charge in [-0.3, -0.25) is 9.69 Å². The van der Waals surface area contributed by atoms with Crippen molar-refractivity contribution >= 4 is 17.5 Å². The highest BCUT2D eigenvalue weighted by Gasteiger charge is 2.47. The van der Waals surface area contributed by atoms with E-state index >= 15 is 0 Å². The van der Waals surface area contributed by atoms with Crippen molar-refractivity contribution in [2.24, 2.45) is 0 Å². The van der Waals surface area contributed by atoms with Crippen LogP contribution in [0.2, 0.25) is 5.02 Å². The number of methoxy groups -OCH3 is 1. The number of hydrogen-bond acceptors (Lipinski definition) is 4. The fourth-order valence-corrected chi connectivity index (χ4v) is 5.14. The van der Waals surface area contributed by atoms with Gasteiger partial charge in [-0.05, 0) is 74.2 Å². The zero-order valence-electron chi connectivity index (χ0n) is 18.7. The number of carbonyl (C=O) groups excluding carboxylic acids is 1. The number of rotatable bonds is 7. The number of benzene rings is 2. The summed E-state index contributed by atoms with van der Waals surface area (Å²) in [5.41, 5.74) is 4.51. The van der Waals surface area contributed by atoms with Crippen LogP contribution in [-0.4, -0.2) is 61.2 Å². The lowest BCUT2D eigenvalue weighted by Gasteiger charge is -2.38. The SMILES string of the molecule is COCCOc1ccc([C@H](C)N2C[C@H]3C[C@@H]2CN3C(=O)c2ccc(Cl)cc2)c(C)c1C. The molecule has 6 heteroatoms. The topological polar surface area (TPSA) is 42.0 Å². The van der Waals surface area contributed by atoms with Gasteiger partial charge in [-0.2, -0.15) is 0 Å². The molecule has 0 aliphatic carbocycles. The van der Waals surface area contributed by atoms with Gasteiger partial charge in [0.15, 0.2) is 0 Å². The smallest absolute Gasteiger partial charge is 0.254 e. The summed E-state index contributed by atoms with van der Waals surface area (Å²) in [6.07, 6.45) is 1.04. The van der Waals surface area contributed by atoms with Gasteiger partial charge < -0.3 is 14.4 Å². The minimum absolute atomic E-state index is 0.112. The van der Waals surface area contributed by atoms with Gasteiger partial charge in [-0.15, -0.1) is 0 Å². The van der Waals surface area contributed by atoms with E-state index in [-0.39, 0.29) is 11.9 Å². The third kappa shape index (κ3) is 4.32. The fourth-order valence-electron chi connectivity index (χ4n) is 5.02. The van der Waals surface area contributed by atoms with Crippen molar-refractivity contribution in [1.82, 2.24) is 9.80 Å². The molecule has 2 saturated heterocycles. The molecule has 2 aromatic carbocycles. The standard InChI is InChI=1S/C25H31ClN2O3/c1-16-17(2)24(31-12-11-30-4)10-9-23(16)18(3)27-14-22-13-21(27)15-28(22)25(29)19-5-7-20(26)8-6-19/h5-10,18,21-22H,11-15H2,1-4H3/t18-,21+,22+/m0/s1. The van der Waals surface area contributed by atoms with E-state index < -0.39 is 0 Å². The van der Waals surface area contributed by atoms with E-state index in [1.54, 1.807) is 19.2 Å². The lowest BCUT2D eigenvalue weighted by Crippen LogP contribution is -2.49. The first-order chi connectivity index (χ1) is 14.9. The summed E-state index contributed by atoms with van der Waals surface area (Å²) in [4.78, 5) is 17.6. The Hall–Kier alpha value is -2.08. The molecule has 0 unspecified atom stereocenters. The van der Waals surface area contributed by atoms with Crippen LogP contribution in [0.15, 0.2) is 36.4 Å². The van der Waals surface area contributed by atoms with Crippen LogP contribution in [0.3, 0.4) is 0 Å². The quantitative estimate of drug-likeness (QED) is 0.586. The molecule has 31 heavy (non-hydrogen) atoms. The van der Waals surface area contributed by atoms with E-state index in [4.69, 9.17) is 21.1 Å². The third-order valence-corrected chi connectivity index (χ3v) is 7.16. The first-order valence-corrected chi connectivity index (χ1v) is 11.3. The first-order valence-electron chi connectivity index (χ1n) is 10.9. The number of hydrogen-bond donors (Lipinski definition) is 0. The van der Waals surface area contributed by atoms with E-state index in [1.165, 1.54) is 16.7 Å². The van der Waals surface area contributed by atoms with Crippen molar-refractivity contribution in [3.63, 3.8) is 0 Å². The molecule has 0 aromatic heterocycles. The molecule has 0 radical (unpaired) electrons. The average molecular weight is 443 g/mol. The molecule has 4 rings (SSSR count). The van der Waals surface area contributed by atoms with Crippen LogP contribution in [-0.2, 0) is 4.74 Å². The average Bonchev–Trinajstić information content (AvgIpc) is 3.38. The summed E-state index contributed by atoms with van der Waals surface area (Å²) < 4.78 is 11.0. The number of likely N-dealkylation sites (tertiary alicyclic amines) is 2. The second-order valence-electron chi connectivity index (χ2n) is 8.62.